The molecule has 0 bridgehead atoms. The van der Waals surface area contributed by atoms with Crippen LogP contribution in [0.15, 0.2) is 12.1 Å². The lowest BCUT2D eigenvalue weighted by molar-refractivity contribution is -0.383. The maximum Gasteiger partial charge on any atom is 0.293 e. The average Bonchev–Trinajstić information content (AvgIpc) is 2.02. The molecule has 0 aliphatic rings. The number of nitrogen functional groups attached to an aromatic ring is 1. The van der Waals surface area contributed by atoms with E-state index in [1.54, 1.807) is 0 Å². The van der Waals surface area contributed by atoms with Gasteiger partial charge in [0.15, 0.2) is 5.78 Å². The van der Waals surface area contributed by atoms with Crippen molar-refractivity contribution in [3.63, 3.8) is 0 Å². The van der Waals surface area contributed by atoms with Crippen molar-refractivity contribution in [1.29, 1.82) is 0 Å². The number of benzene rings is 1. The van der Waals surface area contributed by atoms with E-state index in [0.29, 0.717) is 0 Å². The highest BCUT2D eigenvalue weighted by Gasteiger charge is 2.20. The van der Waals surface area contributed by atoms with Crippen LogP contribution in [-0.4, -0.2) is 15.8 Å². The van der Waals surface area contributed by atoms with Crippen LogP contribution in [0, 0.1) is 10.1 Å². The monoisotopic (exact) mass is 196 g/mol. The molecule has 0 heterocycles. The van der Waals surface area contributed by atoms with Crippen LogP contribution in [0.5, 0.6) is 5.75 Å². The predicted molar refractivity (Wildman–Crippen MR) is 49.2 cm³/mol. The van der Waals surface area contributed by atoms with E-state index in [1.165, 1.54) is 6.92 Å². The van der Waals surface area contributed by atoms with E-state index >= 15 is 0 Å². The summed E-state index contributed by atoms with van der Waals surface area (Å²) in [6.45, 7) is 1.18. The summed E-state index contributed by atoms with van der Waals surface area (Å²) in [4.78, 5) is 20.7. The first-order valence-corrected chi connectivity index (χ1v) is 3.72. The van der Waals surface area contributed by atoms with Gasteiger partial charge in [-0.2, -0.15) is 0 Å². The highest BCUT2D eigenvalue weighted by atomic mass is 16.6. The van der Waals surface area contributed by atoms with Crippen molar-refractivity contribution in [2.45, 2.75) is 6.92 Å². The van der Waals surface area contributed by atoms with E-state index in [-0.39, 0.29) is 22.7 Å². The Morgan fingerprint density at radius 2 is 2.14 bits per heavy atom. The first-order chi connectivity index (χ1) is 6.45. The number of rotatable bonds is 2. The maximum atomic E-state index is 11.0. The summed E-state index contributed by atoms with van der Waals surface area (Å²) in [6, 6.07) is 2.13. The third-order valence-corrected chi connectivity index (χ3v) is 1.75. The van der Waals surface area contributed by atoms with Crippen molar-refractivity contribution in [2.24, 2.45) is 0 Å². The van der Waals surface area contributed by atoms with E-state index in [0.717, 1.165) is 12.1 Å². The fourth-order valence-electron chi connectivity index (χ4n) is 1.13. The second kappa shape index (κ2) is 3.33. The molecule has 74 valence electrons. The minimum absolute atomic E-state index is 0.209. The van der Waals surface area contributed by atoms with Gasteiger partial charge in [-0.1, -0.05) is 0 Å². The summed E-state index contributed by atoms with van der Waals surface area (Å²) in [5.41, 5.74) is 4.47. The lowest BCUT2D eigenvalue weighted by Gasteiger charge is -2.04. The van der Waals surface area contributed by atoms with Gasteiger partial charge in [0.05, 0.1) is 10.5 Å². The second-order valence-corrected chi connectivity index (χ2v) is 2.71. The van der Waals surface area contributed by atoms with E-state index in [2.05, 4.69) is 0 Å². The van der Waals surface area contributed by atoms with Gasteiger partial charge in [-0.15, -0.1) is 0 Å². The van der Waals surface area contributed by atoms with Crippen LogP contribution in [-0.2, 0) is 0 Å². The molecule has 0 spiro atoms. The number of aromatic hydroxyl groups is 1. The van der Waals surface area contributed by atoms with E-state index in [1.807, 2.05) is 0 Å². The molecule has 0 amide bonds. The fraction of sp³-hybridized carbons (Fsp3) is 0.125. The van der Waals surface area contributed by atoms with Crippen LogP contribution < -0.4 is 5.73 Å². The SMILES string of the molecule is CC(=O)c1c(O)ccc([N+](=O)[O-])c1N. The number of nitrogens with two attached hydrogens (primary N) is 1. The third-order valence-electron chi connectivity index (χ3n) is 1.75. The van der Waals surface area contributed by atoms with Gasteiger partial charge < -0.3 is 10.8 Å². The van der Waals surface area contributed by atoms with E-state index < -0.39 is 10.7 Å². The smallest absolute Gasteiger partial charge is 0.293 e. The Morgan fingerprint density at radius 1 is 1.57 bits per heavy atom. The minimum Gasteiger partial charge on any atom is -0.507 e. The predicted octanol–water partition coefficient (Wildman–Crippen LogP) is 1.09. The molecule has 6 heteroatoms. The van der Waals surface area contributed by atoms with Crippen LogP contribution in [0.1, 0.15) is 17.3 Å². The number of nitrogens with zero attached hydrogens (tertiary/aromatic N) is 1. The van der Waals surface area contributed by atoms with Crippen molar-refractivity contribution >= 4 is 17.2 Å². The Balaban J connectivity index is 3.49. The van der Waals surface area contributed by atoms with Gasteiger partial charge in [-0.05, 0) is 13.0 Å². The van der Waals surface area contributed by atoms with Crippen molar-refractivity contribution in [3.05, 3.63) is 27.8 Å². The molecule has 0 saturated carbocycles. The quantitative estimate of drug-likeness (QED) is 0.318. The molecule has 1 aromatic carbocycles. The maximum absolute atomic E-state index is 11.0. The number of nitro groups is 1. The molecule has 0 atom stereocenters. The highest BCUT2D eigenvalue weighted by Crippen LogP contribution is 2.31. The molecule has 1 aromatic rings. The molecular weight excluding hydrogens is 188 g/mol. The molecule has 3 N–H and O–H groups in total. The largest absolute Gasteiger partial charge is 0.507 e. The normalized spacial score (nSPS) is 9.79. The molecule has 6 nitrogen and oxygen atoms in total. The number of phenolic OH excluding ortho intramolecular Hbond substituents is 1. The highest BCUT2D eigenvalue weighted by molar-refractivity contribution is 6.03. The van der Waals surface area contributed by atoms with Gasteiger partial charge in [-0.3, -0.25) is 14.9 Å². The number of nitro benzene ring substituents is 1. The zero-order valence-electron chi connectivity index (χ0n) is 7.35. The van der Waals surface area contributed by atoms with Crippen molar-refractivity contribution < 1.29 is 14.8 Å². The molecule has 0 unspecified atom stereocenters. The topological polar surface area (TPSA) is 106 Å². The molecule has 0 saturated heterocycles. The number of Topliss-reactive ketones (excluding diaryl/α,β-unsaturated/α-hetero) is 1. The Bertz CT molecular complexity index is 414. The zero-order chi connectivity index (χ0) is 10.9. The molecule has 0 fully saturated rings. The zero-order valence-corrected chi connectivity index (χ0v) is 7.35. The number of carbonyl (C=O) groups excluding carboxylic acids is 1. The number of carbonyl (C=O) groups is 1. The van der Waals surface area contributed by atoms with Crippen LogP contribution in [0.25, 0.3) is 0 Å². The van der Waals surface area contributed by atoms with Crippen LogP contribution in [0.3, 0.4) is 0 Å². The van der Waals surface area contributed by atoms with Crippen molar-refractivity contribution in [3.8, 4) is 5.75 Å². The summed E-state index contributed by atoms with van der Waals surface area (Å²) < 4.78 is 0. The molecule has 14 heavy (non-hydrogen) atoms. The summed E-state index contributed by atoms with van der Waals surface area (Å²) >= 11 is 0. The summed E-state index contributed by atoms with van der Waals surface area (Å²) in [5.74, 6) is -0.857. The molecule has 0 aliphatic heterocycles. The van der Waals surface area contributed by atoms with Crippen molar-refractivity contribution in [2.75, 3.05) is 5.73 Å². The van der Waals surface area contributed by atoms with Crippen LogP contribution >= 0.6 is 0 Å². The molecule has 0 radical (unpaired) electrons. The summed E-state index contributed by atoms with van der Waals surface area (Å²) in [5, 5.41) is 19.7. The number of phenols is 1. The molecule has 0 aliphatic carbocycles. The standard InChI is InChI=1S/C8H8N2O4/c1-4(11)7-6(12)3-2-5(8(7)9)10(13)14/h2-3,12H,9H2,1H3. The lowest BCUT2D eigenvalue weighted by Crippen LogP contribution is -2.03. The van der Waals surface area contributed by atoms with Gasteiger partial charge in [0, 0.05) is 6.07 Å². The van der Waals surface area contributed by atoms with Crippen molar-refractivity contribution in [1.82, 2.24) is 0 Å². The average molecular weight is 196 g/mol. The van der Waals surface area contributed by atoms with Gasteiger partial charge in [0.1, 0.15) is 11.4 Å². The molecule has 0 aromatic heterocycles. The third kappa shape index (κ3) is 1.49. The number of hydrogen-bond acceptors (Lipinski definition) is 5. The molecular formula is C8H8N2O4. The summed E-state index contributed by atoms with van der Waals surface area (Å²) in [6.07, 6.45) is 0. The number of hydrogen-bond donors (Lipinski definition) is 2. The van der Waals surface area contributed by atoms with Gasteiger partial charge >= 0.3 is 0 Å². The fourth-order valence-corrected chi connectivity index (χ4v) is 1.13. The molecule has 1 rings (SSSR count). The van der Waals surface area contributed by atoms with Gasteiger partial charge in [0.2, 0.25) is 0 Å². The first-order valence-electron chi connectivity index (χ1n) is 3.72. The Kier molecular flexibility index (Phi) is 2.37. The number of ketones is 1. The Labute approximate surface area is 79.1 Å². The van der Waals surface area contributed by atoms with Gasteiger partial charge in [0.25, 0.3) is 5.69 Å². The van der Waals surface area contributed by atoms with Crippen LogP contribution in [0.4, 0.5) is 11.4 Å². The lowest BCUT2D eigenvalue weighted by atomic mass is 10.1. The minimum atomic E-state index is -0.707. The van der Waals surface area contributed by atoms with E-state index in [4.69, 9.17) is 5.73 Å². The summed E-state index contributed by atoms with van der Waals surface area (Å²) in [7, 11) is 0. The number of anilines is 1. The second-order valence-electron chi connectivity index (χ2n) is 2.71. The first kappa shape index (κ1) is 9.97. The Hall–Kier alpha value is -2.11. The Morgan fingerprint density at radius 3 is 2.57 bits per heavy atom. The van der Waals surface area contributed by atoms with E-state index in [9.17, 15) is 20.0 Å². The van der Waals surface area contributed by atoms with Gasteiger partial charge in [-0.25, -0.2) is 0 Å². The van der Waals surface area contributed by atoms with Crippen LogP contribution in [0.2, 0.25) is 0 Å².